The number of fused-ring (bicyclic) bond motifs is 1. The lowest BCUT2D eigenvalue weighted by atomic mass is 10.2. The Morgan fingerprint density at radius 1 is 1.25 bits per heavy atom. The summed E-state index contributed by atoms with van der Waals surface area (Å²) in [7, 11) is 0. The number of hydrogen-bond acceptors (Lipinski definition) is 3. The van der Waals surface area contributed by atoms with Crippen LogP contribution in [-0.4, -0.2) is 28.6 Å². The monoisotopic (exact) mass is 321 g/mol. The van der Waals surface area contributed by atoms with Crippen LogP contribution < -0.4 is 5.32 Å². The highest BCUT2D eigenvalue weighted by molar-refractivity contribution is 5.94. The van der Waals surface area contributed by atoms with Crippen molar-refractivity contribution in [1.82, 2.24) is 9.97 Å². The average Bonchev–Trinajstić information content (AvgIpc) is 3.24. The zero-order valence-electron chi connectivity index (χ0n) is 13.5. The highest BCUT2D eigenvalue weighted by Crippen LogP contribution is 2.23. The number of aryl methyl sites for hydroxylation is 1. The molecule has 4 rings (SSSR count). The standard InChI is InChI=1S/C19H19N3O2/c1-12-4-9-15-16(11-12)22-18(21-15)13-5-7-14(8-6-13)20-19(23)17-3-2-10-24-17/h4-9,11,17H,2-3,10H2,1H3,(H,20,23)(H,21,22)/t17-/m1/s1. The Morgan fingerprint density at radius 3 is 2.83 bits per heavy atom. The summed E-state index contributed by atoms with van der Waals surface area (Å²) < 4.78 is 5.40. The number of aromatic nitrogens is 2. The fraction of sp³-hybridized carbons (Fsp3) is 0.263. The lowest BCUT2D eigenvalue weighted by molar-refractivity contribution is -0.124. The smallest absolute Gasteiger partial charge is 0.253 e. The molecule has 2 heterocycles. The summed E-state index contributed by atoms with van der Waals surface area (Å²) in [5.41, 5.74) is 4.93. The van der Waals surface area contributed by atoms with Crippen molar-refractivity contribution in [3.8, 4) is 11.4 Å². The minimum absolute atomic E-state index is 0.0699. The number of aromatic amines is 1. The number of amides is 1. The van der Waals surface area contributed by atoms with Crippen molar-refractivity contribution in [3.05, 3.63) is 48.0 Å². The Balaban J connectivity index is 1.53. The SMILES string of the molecule is Cc1ccc2nc(-c3ccc(NC(=O)[C@H]4CCCO4)cc3)[nH]c2c1. The van der Waals surface area contributed by atoms with E-state index in [4.69, 9.17) is 4.74 Å². The number of rotatable bonds is 3. The largest absolute Gasteiger partial charge is 0.368 e. The number of carbonyl (C=O) groups is 1. The summed E-state index contributed by atoms with van der Waals surface area (Å²) in [5.74, 6) is 0.757. The van der Waals surface area contributed by atoms with E-state index in [1.807, 2.05) is 30.3 Å². The van der Waals surface area contributed by atoms with Crippen molar-refractivity contribution in [2.45, 2.75) is 25.9 Å². The number of hydrogen-bond donors (Lipinski definition) is 2. The predicted molar refractivity (Wildman–Crippen MR) is 93.9 cm³/mol. The molecule has 2 aromatic carbocycles. The van der Waals surface area contributed by atoms with Crippen LogP contribution in [0.4, 0.5) is 5.69 Å². The highest BCUT2D eigenvalue weighted by Gasteiger charge is 2.23. The highest BCUT2D eigenvalue weighted by atomic mass is 16.5. The fourth-order valence-corrected chi connectivity index (χ4v) is 2.98. The van der Waals surface area contributed by atoms with Crippen LogP contribution in [0.25, 0.3) is 22.4 Å². The minimum atomic E-state index is -0.316. The first-order valence-electron chi connectivity index (χ1n) is 8.18. The van der Waals surface area contributed by atoms with Crippen molar-refractivity contribution in [2.75, 3.05) is 11.9 Å². The number of nitrogens with zero attached hydrogens (tertiary/aromatic N) is 1. The number of imidazole rings is 1. The zero-order chi connectivity index (χ0) is 16.5. The summed E-state index contributed by atoms with van der Waals surface area (Å²) >= 11 is 0. The fourth-order valence-electron chi connectivity index (χ4n) is 2.98. The molecular weight excluding hydrogens is 302 g/mol. The topological polar surface area (TPSA) is 67.0 Å². The maximum absolute atomic E-state index is 12.1. The Kier molecular flexibility index (Phi) is 3.78. The van der Waals surface area contributed by atoms with Gasteiger partial charge in [0.05, 0.1) is 11.0 Å². The van der Waals surface area contributed by atoms with E-state index in [0.717, 1.165) is 41.0 Å². The Bertz CT molecular complexity index is 877. The number of ether oxygens (including phenoxy) is 1. The second-order valence-corrected chi connectivity index (χ2v) is 6.17. The van der Waals surface area contributed by atoms with Gasteiger partial charge >= 0.3 is 0 Å². The van der Waals surface area contributed by atoms with Crippen LogP contribution in [0.15, 0.2) is 42.5 Å². The van der Waals surface area contributed by atoms with Gasteiger partial charge in [-0.05, 0) is 61.7 Å². The second-order valence-electron chi connectivity index (χ2n) is 6.17. The van der Waals surface area contributed by atoms with Crippen LogP contribution in [0.1, 0.15) is 18.4 Å². The summed E-state index contributed by atoms with van der Waals surface area (Å²) in [4.78, 5) is 20.0. The average molecular weight is 321 g/mol. The quantitative estimate of drug-likeness (QED) is 0.773. The lowest BCUT2D eigenvalue weighted by Crippen LogP contribution is -2.26. The number of nitrogens with one attached hydrogen (secondary N) is 2. The first kappa shape index (κ1) is 14.9. The molecule has 0 bridgehead atoms. The molecule has 1 amide bonds. The molecule has 1 atom stereocenters. The summed E-state index contributed by atoms with van der Waals surface area (Å²) in [6, 6.07) is 13.8. The van der Waals surface area contributed by atoms with Crippen molar-refractivity contribution in [3.63, 3.8) is 0 Å². The van der Waals surface area contributed by atoms with E-state index in [2.05, 4.69) is 34.3 Å². The van der Waals surface area contributed by atoms with Crippen LogP contribution in [0.3, 0.4) is 0 Å². The predicted octanol–water partition coefficient (Wildman–Crippen LogP) is 3.66. The first-order chi connectivity index (χ1) is 11.7. The van der Waals surface area contributed by atoms with Gasteiger partial charge in [0.15, 0.2) is 0 Å². The Labute approximate surface area is 140 Å². The van der Waals surface area contributed by atoms with Gasteiger partial charge in [-0.25, -0.2) is 4.98 Å². The molecule has 0 aliphatic carbocycles. The number of anilines is 1. The summed E-state index contributed by atoms with van der Waals surface area (Å²) in [6.45, 7) is 2.73. The van der Waals surface area contributed by atoms with E-state index >= 15 is 0 Å². The lowest BCUT2D eigenvalue weighted by Gasteiger charge is -2.10. The van der Waals surface area contributed by atoms with E-state index < -0.39 is 0 Å². The maximum atomic E-state index is 12.1. The van der Waals surface area contributed by atoms with Crippen LogP contribution in [0, 0.1) is 6.92 Å². The molecule has 2 N–H and O–H groups in total. The van der Waals surface area contributed by atoms with Crippen molar-refractivity contribution < 1.29 is 9.53 Å². The first-order valence-corrected chi connectivity index (χ1v) is 8.18. The van der Waals surface area contributed by atoms with Gasteiger partial charge in [-0.2, -0.15) is 0 Å². The maximum Gasteiger partial charge on any atom is 0.253 e. The van der Waals surface area contributed by atoms with E-state index in [1.54, 1.807) is 0 Å². The molecule has 3 aromatic rings. The summed E-state index contributed by atoms with van der Waals surface area (Å²) in [5, 5.41) is 2.90. The molecule has 1 aliphatic heterocycles. The molecular formula is C19H19N3O2. The molecule has 5 nitrogen and oxygen atoms in total. The molecule has 0 saturated carbocycles. The van der Waals surface area contributed by atoms with Gasteiger partial charge in [0.25, 0.3) is 5.91 Å². The molecule has 1 fully saturated rings. The second kappa shape index (κ2) is 6.09. The third-order valence-corrected chi connectivity index (χ3v) is 4.29. The van der Waals surface area contributed by atoms with Crippen LogP contribution in [0.2, 0.25) is 0 Å². The number of carbonyl (C=O) groups excluding carboxylic acids is 1. The molecule has 0 spiro atoms. The van der Waals surface area contributed by atoms with Gasteiger partial charge < -0.3 is 15.0 Å². The van der Waals surface area contributed by atoms with Gasteiger partial charge in [0.2, 0.25) is 0 Å². The molecule has 1 saturated heterocycles. The van der Waals surface area contributed by atoms with Crippen molar-refractivity contribution in [1.29, 1.82) is 0 Å². The van der Waals surface area contributed by atoms with Gasteiger partial charge in [-0.15, -0.1) is 0 Å². The van der Waals surface area contributed by atoms with E-state index in [9.17, 15) is 4.79 Å². The van der Waals surface area contributed by atoms with E-state index in [-0.39, 0.29) is 12.0 Å². The third-order valence-electron chi connectivity index (χ3n) is 4.29. The zero-order valence-corrected chi connectivity index (χ0v) is 13.5. The van der Waals surface area contributed by atoms with E-state index in [0.29, 0.717) is 6.61 Å². The number of H-pyrrole nitrogens is 1. The Hall–Kier alpha value is -2.66. The van der Waals surface area contributed by atoms with Gasteiger partial charge in [0.1, 0.15) is 11.9 Å². The summed E-state index contributed by atoms with van der Waals surface area (Å²) in [6.07, 6.45) is 1.42. The molecule has 5 heteroatoms. The molecule has 1 aromatic heterocycles. The van der Waals surface area contributed by atoms with E-state index in [1.165, 1.54) is 5.56 Å². The normalized spacial score (nSPS) is 17.3. The van der Waals surface area contributed by atoms with Crippen LogP contribution in [0.5, 0.6) is 0 Å². The van der Waals surface area contributed by atoms with Crippen molar-refractivity contribution >= 4 is 22.6 Å². The molecule has 0 unspecified atom stereocenters. The molecule has 0 radical (unpaired) electrons. The van der Waals surface area contributed by atoms with Crippen molar-refractivity contribution in [2.24, 2.45) is 0 Å². The third kappa shape index (κ3) is 2.90. The molecule has 122 valence electrons. The Morgan fingerprint density at radius 2 is 2.08 bits per heavy atom. The van der Waals surface area contributed by atoms with Gasteiger partial charge in [-0.3, -0.25) is 4.79 Å². The van der Waals surface area contributed by atoms with Crippen LogP contribution in [-0.2, 0) is 9.53 Å². The van der Waals surface area contributed by atoms with Gasteiger partial charge in [-0.1, -0.05) is 6.07 Å². The molecule has 24 heavy (non-hydrogen) atoms. The minimum Gasteiger partial charge on any atom is -0.368 e. The number of benzene rings is 2. The van der Waals surface area contributed by atoms with Gasteiger partial charge in [0, 0.05) is 17.9 Å². The molecule has 1 aliphatic rings. The van der Waals surface area contributed by atoms with Crippen LogP contribution >= 0.6 is 0 Å².